The molecule has 2 N–H and O–H groups in total. The summed E-state index contributed by atoms with van der Waals surface area (Å²) in [5.74, 6) is 1.53. The topological polar surface area (TPSA) is 59.3 Å². The quantitative estimate of drug-likeness (QED) is 0.554. The van der Waals surface area contributed by atoms with E-state index in [2.05, 4.69) is 22.0 Å². The summed E-state index contributed by atoms with van der Waals surface area (Å²) in [4.78, 5) is 4.87. The standard InChI is InChI=1S/C22H19N3O2/c1-2-27-19-13-7-9-15(20(19)26)22-23-16-10-4-3-8-14(16)21-24-17-11-5-6-12-18(17)25(21)22/h3-13,22-23,26H,2H2,1H3/t22-/m0/s1. The molecule has 2 heterocycles. The fourth-order valence-corrected chi connectivity index (χ4v) is 3.76. The number of phenolic OH excluding ortho intramolecular Hbond substituents is 1. The number of aromatic hydroxyl groups is 1. The Morgan fingerprint density at radius 2 is 1.85 bits per heavy atom. The third kappa shape index (κ3) is 2.35. The van der Waals surface area contributed by atoms with Gasteiger partial charge in [0, 0.05) is 16.8 Å². The summed E-state index contributed by atoms with van der Waals surface area (Å²) >= 11 is 0. The molecule has 5 nitrogen and oxygen atoms in total. The van der Waals surface area contributed by atoms with Crippen LogP contribution >= 0.6 is 0 Å². The van der Waals surface area contributed by atoms with E-state index in [9.17, 15) is 5.11 Å². The molecule has 0 aliphatic carbocycles. The normalized spacial score (nSPS) is 15.1. The Hall–Kier alpha value is -3.47. The van der Waals surface area contributed by atoms with Crippen LogP contribution in [-0.2, 0) is 0 Å². The highest BCUT2D eigenvalue weighted by atomic mass is 16.5. The minimum Gasteiger partial charge on any atom is -0.504 e. The first-order valence-electron chi connectivity index (χ1n) is 9.05. The highest BCUT2D eigenvalue weighted by Gasteiger charge is 2.30. The fourth-order valence-electron chi connectivity index (χ4n) is 3.76. The van der Waals surface area contributed by atoms with E-state index in [1.54, 1.807) is 6.07 Å². The van der Waals surface area contributed by atoms with Gasteiger partial charge in [0.25, 0.3) is 0 Å². The molecule has 4 aromatic rings. The first kappa shape index (κ1) is 15.8. The van der Waals surface area contributed by atoms with E-state index in [1.807, 2.05) is 55.5 Å². The van der Waals surface area contributed by atoms with Gasteiger partial charge in [0.2, 0.25) is 0 Å². The Bertz CT molecular complexity index is 1150. The van der Waals surface area contributed by atoms with Crippen LogP contribution in [-0.4, -0.2) is 21.3 Å². The number of imidazole rings is 1. The van der Waals surface area contributed by atoms with Crippen LogP contribution in [0.25, 0.3) is 22.4 Å². The van der Waals surface area contributed by atoms with Crippen LogP contribution < -0.4 is 10.1 Å². The second-order valence-electron chi connectivity index (χ2n) is 6.51. The van der Waals surface area contributed by atoms with E-state index in [1.165, 1.54) is 0 Å². The van der Waals surface area contributed by atoms with Gasteiger partial charge < -0.3 is 15.2 Å². The lowest BCUT2D eigenvalue weighted by atomic mass is 10.0. The van der Waals surface area contributed by atoms with E-state index in [0.717, 1.165) is 33.7 Å². The number of hydrogen-bond acceptors (Lipinski definition) is 4. The number of phenols is 1. The van der Waals surface area contributed by atoms with Crippen LogP contribution in [0, 0.1) is 0 Å². The number of ether oxygens (including phenoxy) is 1. The van der Waals surface area contributed by atoms with Gasteiger partial charge in [-0.3, -0.25) is 4.57 Å². The average molecular weight is 357 g/mol. The smallest absolute Gasteiger partial charge is 0.164 e. The van der Waals surface area contributed by atoms with Crippen molar-refractivity contribution in [2.24, 2.45) is 0 Å². The van der Waals surface area contributed by atoms with Crippen molar-refractivity contribution < 1.29 is 9.84 Å². The fraction of sp³-hybridized carbons (Fsp3) is 0.136. The predicted octanol–water partition coefficient (Wildman–Crippen LogP) is 4.78. The monoisotopic (exact) mass is 357 g/mol. The number of benzene rings is 3. The Morgan fingerprint density at radius 3 is 2.74 bits per heavy atom. The van der Waals surface area contributed by atoms with E-state index in [-0.39, 0.29) is 11.9 Å². The number of aromatic nitrogens is 2. The summed E-state index contributed by atoms with van der Waals surface area (Å²) in [6.07, 6.45) is -0.289. The van der Waals surface area contributed by atoms with Crippen molar-refractivity contribution >= 4 is 16.7 Å². The van der Waals surface area contributed by atoms with Crippen molar-refractivity contribution in [3.63, 3.8) is 0 Å². The molecule has 1 atom stereocenters. The lowest BCUT2D eigenvalue weighted by Crippen LogP contribution is -2.25. The summed E-state index contributed by atoms with van der Waals surface area (Å²) in [6.45, 7) is 2.40. The zero-order valence-electron chi connectivity index (χ0n) is 14.9. The zero-order valence-corrected chi connectivity index (χ0v) is 14.9. The molecule has 0 unspecified atom stereocenters. The molecule has 5 rings (SSSR count). The third-order valence-corrected chi connectivity index (χ3v) is 4.94. The summed E-state index contributed by atoms with van der Waals surface area (Å²) < 4.78 is 7.73. The van der Waals surface area contributed by atoms with E-state index < -0.39 is 0 Å². The lowest BCUT2D eigenvalue weighted by Gasteiger charge is -2.31. The molecule has 5 heteroatoms. The number of hydrogen-bond donors (Lipinski definition) is 2. The molecule has 1 aliphatic rings. The highest BCUT2D eigenvalue weighted by Crippen LogP contribution is 2.44. The first-order chi connectivity index (χ1) is 13.3. The van der Waals surface area contributed by atoms with E-state index in [0.29, 0.717) is 12.4 Å². The molecule has 1 aromatic heterocycles. The number of anilines is 1. The third-order valence-electron chi connectivity index (χ3n) is 4.94. The van der Waals surface area contributed by atoms with Gasteiger partial charge in [-0.05, 0) is 37.3 Å². The van der Waals surface area contributed by atoms with Gasteiger partial charge in [0.05, 0.1) is 17.6 Å². The SMILES string of the molecule is CCOc1cccc([C@H]2Nc3ccccc3-c3nc4ccccc4n32)c1O. The van der Waals surface area contributed by atoms with Crippen molar-refractivity contribution in [2.75, 3.05) is 11.9 Å². The Labute approximate surface area is 156 Å². The maximum atomic E-state index is 10.9. The van der Waals surface area contributed by atoms with Crippen LogP contribution in [0.15, 0.2) is 66.7 Å². The number of para-hydroxylation sites is 4. The molecule has 0 saturated carbocycles. The molecular formula is C22H19N3O2. The van der Waals surface area contributed by atoms with Crippen LogP contribution in [0.5, 0.6) is 11.5 Å². The van der Waals surface area contributed by atoms with Gasteiger partial charge in [-0.2, -0.15) is 0 Å². The van der Waals surface area contributed by atoms with Gasteiger partial charge in [0.1, 0.15) is 12.0 Å². The lowest BCUT2D eigenvalue weighted by molar-refractivity contribution is 0.315. The van der Waals surface area contributed by atoms with Crippen molar-refractivity contribution in [1.82, 2.24) is 9.55 Å². The van der Waals surface area contributed by atoms with Gasteiger partial charge in [-0.1, -0.05) is 36.4 Å². The van der Waals surface area contributed by atoms with Crippen LogP contribution in [0.1, 0.15) is 18.7 Å². The second-order valence-corrected chi connectivity index (χ2v) is 6.51. The summed E-state index contributed by atoms with van der Waals surface area (Å²) in [5, 5.41) is 14.4. The Kier molecular flexibility index (Phi) is 3.53. The molecule has 0 amide bonds. The second kappa shape index (κ2) is 6.06. The van der Waals surface area contributed by atoms with Gasteiger partial charge in [-0.25, -0.2) is 4.98 Å². The van der Waals surface area contributed by atoms with E-state index in [4.69, 9.17) is 9.72 Å². The molecule has 0 spiro atoms. The van der Waals surface area contributed by atoms with Gasteiger partial charge in [0.15, 0.2) is 11.5 Å². The summed E-state index contributed by atoms with van der Waals surface area (Å²) in [5.41, 5.74) is 4.73. The number of nitrogens with zero attached hydrogens (tertiary/aromatic N) is 2. The molecule has 0 fully saturated rings. The van der Waals surface area contributed by atoms with Crippen molar-refractivity contribution in [3.05, 3.63) is 72.3 Å². The summed E-state index contributed by atoms with van der Waals surface area (Å²) in [6, 6.07) is 21.8. The van der Waals surface area contributed by atoms with Crippen LogP contribution in [0.3, 0.4) is 0 Å². The van der Waals surface area contributed by atoms with Gasteiger partial charge >= 0.3 is 0 Å². The molecule has 0 saturated heterocycles. The minimum absolute atomic E-state index is 0.153. The molecule has 1 aliphatic heterocycles. The maximum absolute atomic E-state index is 10.9. The first-order valence-corrected chi connectivity index (χ1v) is 9.05. The Balaban J connectivity index is 1.78. The molecule has 0 bridgehead atoms. The molecule has 134 valence electrons. The predicted molar refractivity (Wildman–Crippen MR) is 106 cm³/mol. The van der Waals surface area contributed by atoms with Crippen LogP contribution in [0.2, 0.25) is 0 Å². The number of nitrogens with one attached hydrogen (secondary N) is 1. The van der Waals surface area contributed by atoms with E-state index >= 15 is 0 Å². The van der Waals surface area contributed by atoms with Crippen molar-refractivity contribution in [2.45, 2.75) is 13.1 Å². The maximum Gasteiger partial charge on any atom is 0.164 e. The average Bonchev–Trinajstić information content (AvgIpc) is 3.09. The zero-order chi connectivity index (χ0) is 18.4. The van der Waals surface area contributed by atoms with Crippen molar-refractivity contribution in [1.29, 1.82) is 0 Å². The van der Waals surface area contributed by atoms with Crippen LogP contribution in [0.4, 0.5) is 5.69 Å². The molecular weight excluding hydrogens is 338 g/mol. The van der Waals surface area contributed by atoms with Crippen molar-refractivity contribution in [3.8, 4) is 22.9 Å². The largest absolute Gasteiger partial charge is 0.504 e. The minimum atomic E-state index is -0.289. The molecule has 3 aromatic carbocycles. The number of rotatable bonds is 3. The molecule has 27 heavy (non-hydrogen) atoms. The van der Waals surface area contributed by atoms with Gasteiger partial charge in [-0.15, -0.1) is 0 Å². The Morgan fingerprint density at radius 1 is 1.04 bits per heavy atom. The number of fused-ring (bicyclic) bond motifs is 5. The molecule has 0 radical (unpaired) electrons. The summed E-state index contributed by atoms with van der Waals surface area (Å²) in [7, 11) is 0. The highest BCUT2D eigenvalue weighted by molar-refractivity contribution is 5.87.